The number of nitrogens with one attached hydrogen (secondary N) is 1. The molecule has 0 saturated heterocycles. The summed E-state index contributed by atoms with van der Waals surface area (Å²) in [5.41, 5.74) is 9.00. The van der Waals surface area contributed by atoms with Gasteiger partial charge in [-0.05, 0) is 55.1 Å². The first-order chi connectivity index (χ1) is 15.5. The first kappa shape index (κ1) is 26.5. The van der Waals surface area contributed by atoms with E-state index in [1.807, 2.05) is 37.3 Å². The second-order valence-electron chi connectivity index (χ2n) is 7.45. The molecule has 1 rings (SSSR count). The van der Waals surface area contributed by atoms with Crippen LogP contribution in [-0.2, 0) is 0 Å². The molecule has 1 aliphatic carbocycles. The van der Waals surface area contributed by atoms with Gasteiger partial charge in [0.1, 0.15) is 0 Å². The third-order valence-corrected chi connectivity index (χ3v) is 5.37. The average molecular weight is 424 g/mol. The molecule has 2 atom stereocenters. The monoisotopic (exact) mass is 423 g/mol. The fourth-order valence-corrected chi connectivity index (χ4v) is 3.48. The molecule has 0 radical (unpaired) electrons. The van der Waals surface area contributed by atoms with Crippen LogP contribution in [0.15, 0.2) is 151 Å². The molecule has 0 aromatic rings. The molecule has 166 valence electrons. The van der Waals surface area contributed by atoms with E-state index in [0.29, 0.717) is 5.92 Å². The van der Waals surface area contributed by atoms with E-state index in [4.69, 9.17) is 0 Å². The van der Waals surface area contributed by atoms with Crippen LogP contribution in [0.1, 0.15) is 27.2 Å². The molecule has 1 N–H and O–H groups in total. The van der Waals surface area contributed by atoms with Gasteiger partial charge in [0, 0.05) is 12.0 Å². The van der Waals surface area contributed by atoms with Crippen molar-refractivity contribution < 1.29 is 0 Å². The highest BCUT2D eigenvalue weighted by Gasteiger charge is 2.15. The van der Waals surface area contributed by atoms with Crippen molar-refractivity contribution in [2.24, 2.45) is 5.92 Å². The smallest absolute Gasteiger partial charge is 0.0799 e. The van der Waals surface area contributed by atoms with Gasteiger partial charge in [-0.1, -0.05) is 112 Å². The molecule has 1 aliphatic rings. The Labute approximate surface area is 195 Å². The van der Waals surface area contributed by atoms with Crippen LogP contribution < -0.4 is 5.32 Å². The number of hydrogen-bond acceptors (Lipinski definition) is 1. The van der Waals surface area contributed by atoms with Crippen molar-refractivity contribution in [1.29, 1.82) is 0 Å². The first-order valence-electron chi connectivity index (χ1n) is 10.9. The van der Waals surface area contributed by atoms with Gasteiger partial charge in [-0.25, -0.2) is 0 Å². The number of allylic oxidation sites excluding steroid dienone is 17. The zero-order valence-corrected chi connectivity index (χ0v) is 19.9. The number of rotatable bonds is 12. The van der Waals surface area contributed by atoms with Crippen LogP contribution in [0.25, 0.3) is 0 Å². The SMILES string of the molecule is C=C=C(NC(C)C1C=CC=CC1)/C(C)=C/C=C(C=C)/C(=C/C)C(/C=C)=C(C=C)/C=C\C=C. The van der Waals surface area contributed by atoms with E-state index in [2.05, 4.69) is 100 Å². The summed E-state index contributed by atoms with van der Waals surface area (Å²) < 4.78 is 0. The van der Waals surface area contributed by atoms with Gasteiger partial charge in [0.15, 0.2) is 0 Å². The molecule has 0 fully saturated rings. The molecular weight excluding hydrogens is 386 g/mol. The van der Waals surface area contributed by atoms with Gasteiger partial charge in [-0.15, -0.1) is 5.73 Å². The Hall–Kier alpha value is -3.54. The summed E-state index contributed by atoms with van der Waals surface area (Å²) in [5.74, 6) is 0.450. The maximum atomic E-state index is 4.03. The van der Waals surface area contributed by atoms with Crippen LogP contribution in [0.3, 0.4) is 0 Å². The zero-order chi connectivity index (χ0) is 23.9. The lowest BCUT2D eigenvalue weighted by Crippen LogP contribution is -2.32. The van der Waals surface area contributed by atoms with Gasteiger partial charge in [0.05, 0.1) is 5.70 Å². The maximum Gasteiger partial charge on any atom is 0.0799 e. The topological polar surface area (TPSA) is 12.0 Å². The quantitative estimate of drug-likeness (QED) is 0.246. The molecule has 0 spiro atoms. The van der Waals surface area contributed by atoms with Crippen molar-refractivity contribution in [1.82, 2.24) is 5.32 Å². The lowest BCUT2D eigenvalue weighted by atomic mass is 9.92. The molecule has 0 aromatic carbocycles. The van der Waals surface area contributed by atoms with Crippen LogP contribution in [0, 0.1) is 5.92 Å². The lowest BCUT2D eigenvalue weighted by Gasteiger charge is -2.24. The standard InChI is InChI=1S/C31H37N/c1-9-15-19-26(10-2)29(12-4)30(13-5)27(11-3)23-22-24(7)31(14-6)32-25(8)28-20-17-16-18-21-28/h9-13,15-20,22-23,25,28,32H,1-4,6,21H2,5,7-8H3/b19-15-,24-22+,27-23+,29-26+,30-13-. The predicted octanol–water partition coefficient (Wildman–Crippen LogP) is 8.18. The summed E-state index contributed by atoms with van der Waals surface area (Å²) in [6.07, 6.45) is 27.0. The Bertz CT molecular complexity index is 975. The van der Waals surface area contributed by atoms with Gasteiger partial charge in [-0.2, -0.15) is 0 Å². The molecule has 0 bridgehead atoms. The summed E-state index contributed by atoms with van der Waals surface area (Å²) in [7, 11) is 0. The van der Waals surface area contributed by atoms with Gasteiger partial charge in [-0.3, -0.25) is 0 Å². The normalized spacial score (nSPS) is 18.5. The highest BCUT2D eigenvalue weighted by atomic mass is 14.9. The molecule has 0 aliphatic heterocycles. The van der Waals surface area contributed by atoms with Gasteiger partial charge >= 0.3 is 0 Å². The second-order valence-corrected chi connectivity index (χ2v) is 7.45. The Balaban J connectivity index is 3.24. The average Bonchev–Trinajstić information content (AvgIpc) is 2.83. The van der Waals surface area contributed by atoms with Gasteiger partial charge in [0.25, 0.3) is 0 Å². The fourth-order valence-electron chi connectivity index (χ4n) is 3.48. The summed E-state index contributed by atoms with van der Waals surface area (Å²) in [6, 6.07) is 0.278. The van der Waals surface area contributed by atoms with Crippen LogP contribution in [0.2, 0.25) is 0 Å². The van der Waals surface area contributed by atoms with E-state index in [1.54, 1.807) is 6.08 Å². The van der Waals surface area contributed by atoms with Crippen molar-refractivity contribution in [2.75, 3.05) is 0 Å². The fraction of sp³-hybridized carbons (Fsp3) is 0.194. The summed E-state index contributed by atoms with van der Waals surface area (Å²) in [6.45, 7) is 25.9. The summed E-state index contributed by atoms with van der Waals surface area (Å²) in [4.78, 5) is 0. The molecule has 0 saturated carbocycles. The predicted molar refractivity (Wildman–Crippen MR) is 144 cm³/mol. The molecule has 0 heterocycles. The largest absolute Gasteiger partial charge is 0.375 e. The lowest BCUT2D eigenvalue weighted by molar-refractivity contribution is 0.473. The van der Waals surface area contributed by atoms with Crippen LogP contribution in [0.4, 0.5) is 0 Å². The number of hydrogen-bond donors (Lipinski definition) is 1. The molecule has 2 unspecified atom stereocenters. The second kappa shape index (κ2) is 14.5. The Morgan fingerprint density at radius 3 is 2.34 bits per heavy atom. The van der Waals surface area contributed by atoms with Gasteiger partial charge in [0.2, 0.25) is 0 Å². The molecule has 0 aromatic heterocycles. The molecule has 1 heteroatoms. The molecular formula is C31H37N. The van der Waals surface area contributed by atoms with Crippen molar-refractivity contribution in [3.05, 3.63) is 151 Å². The van der Waals surface area contributed by atoms with Crippen LogP contribution in [-0.4, -0.2) is 6.04 Å². The third kappa shape index (κ3) is 7.61. The highest BCUT2D eigenvalue weighted by molar-refractivity contribution is 5.61. The minimum Gasteiger partial charge on any atom is -0.375 e. The zero-order valence-electron chi connectivity index (χ0n) is 19.9. The first-order valence-corrected chi connectivity index (χ1v) is 10.9. The van der Waals surface area contributed by atoms with Crippen molar-refractivity contribution in [3.63, 3.8) is 0 Å². The van der Waals surface area contributed by atoms with E-state index in [9.17, 15) is 0 Å². The van der Waals surface area contributed by atoms with Crippen LogP contribution in [0.5, 0.6) is 0 Å². The molecule has 0 amide bonds. The molecule has 32 heavy (non-hydrogen) atoms. The van der Waals surface area contributed by atoms with Crippen LogP contribution >= 0.6 is 0 Å². The van der Waals surface area contributed by atoms with E-state index in [0.717, 1.165) is 40.0 Å². The highest BCUT2D eigenvalue weighted by Crippen LogP contribution is 2.26. The van der Waals surface area contributed by atoms with Crippen molar-refractivity contribution in [3.8, 4) is 0 Å². The third-order valence-electron chi connectivity index (χ3n) is 5.37. The Morgan fingerprint density at radius 1 is 1.09 bits per heavy atom. The summed E-state index contributed by atoms with van der Waals surface area (Å²) >= 11 is 0. The van der Waals surface area contributed by atoms with E-state index < -0.39 is 0 Å². The summed E-state index contributed by atoms with van der Waals surface area (Å²) in [5, 5.41) is 3.57. The van der Waals surface area contributed by atoms with E-state index in [1.165, 1.54) is 0 Å². The minimum atomic E-state index is 0.278. The molecule has 1 nitrogen and oxygen atoms in total. The van der Waals surface area contributed by atoms with Crippen molar-refractivity contribution >= 4 is 0 Å². The Kier molecular flexibility index (Phi) is 12.0. The van der Waals surface area contributed by atoms with E-state index in [-0.39, 0.29) is 6.04 Å². The minimum absolute atomic E-state index is 0.278. The van der Waals surface area contributed by atoms with Crippen molar-refractivity contribution in [2.45, 2.75) is 33.2 Å². The van der Waals surface area contributed by atoms with E-state index >= 15 is 0 Å². The maximum absolute atomic E-state index is 4.03. The Morgan fingerprint density at radius 2 is 1.84 bits per heavy atom. The van der Waals surface area contributed by atoms with Gasteiger partial charge < -0.3 is 5.32 Å².